The van der Waals surface area contributed by atoms with Crippen LogP contribution >= 0.6 is 24.8 Å². The Morgan fingerprint density at radius 2 is 1.57 bits per heavy atom. The van der Waals surface area contributed by atoms with E-state index in [2.05, 4.69) is 79.1 Å². The third-order valence-electron chi connectivity index (χ3n) is 3.03. The van der Waals surface area contributed by atoms with Crippen LogP contribution in [0.5, 0.6) is 0 Å². The summed E-state index contributed by atoms with van der Waals surface area (Å²) in [6.07, 6.45) is 10.0. The van der Waals surface area contributed by atoms with Crippen molar-refractivity contribution in [3.63, 3.8) is 0 Å². The molecule has 1 nitrogen and oxygen atoms in total. The van der Waals surface area contributed by atoms with Crippen LogP contribution in [0.2, 0.25) is 0 Å². The van der Waals surface area contributed by atoms with E-state index in [1.54, 1.807) is 0 Å². The first-order valence-electron chi connectivity index (χ1n) is 6.77. The van der Waals surface area contributed by atoms with Gasteiger partial charge in [-0.3, -0.25) is 6.08 Å². The zero-order valence-corrected chi connectivity index (χ0v) is 16.1. The number of nitrogens with zero attached hydrogens (tertiary/aromatic N) is 1. The Morgan fingerprint density at radius 1 is 1.05 bits per heavy atom. The molecule has 0 fully saturated rings. The Balaban J connectivity index is 0. The molecule has 0 unspecified atom stereocenters. The van der Waals surface area contributed by atoms with E-state index in [-0.39, 0.29) is 24.8 Å². The molecule has 0 saturated carbocycles. The normalized spacial score (nSPS) is 11.5. The molecule has 0 bridgehead atoms. The van der Waals surface area contributed by atoms with Crippen LogP contribution in [0.4, 0.5) is 5.69 Å². The summed E-state index contributed by atoms with van der Waals surface area (Å²) in [4.78, 5) is 0. The van der Waals surface area contributed by atoms with Gasteiger partial charge in [-0.2, -0.15) is 6.08 Å². The molecule has 0 amide bonds. The summed E-state index contributed by atoms with van der Waals surface area (Å²) in [5, 5.41) is 0. The molecular weight excluding hydrogens is 340 g/mol. The Labute approximate surface area is 150 Å². The average Bonchev–Trinajstić information content (AvgIpc) is 2.96. The zero-order chi connectivity index (χ0) is 14.3. The maximum absolute atomic E-state index is 4.35. The molecule has 0 spiro atoms. The molecule has 0 radical (unpaired) electrons. The summed E-state index contributed by atoms with van der Waals surface area (Å²) in [5.74, 6) is 1.08. The standard InChI is InChI=1S/C12H17N.C5H5.2ClH.V/c1-8(2)10-6-5-7-11(9(3)4)12(10)13;1-2-4-5-3-1;;;/h5-9H,1-4H3;1-3H,4H2;2*1H;/q;-1;;;. The summed E-state index contributed by atoms with van der Waals surface area (Å²) in [6, 6.07) is 6.47. The summed E-state index contributed by atoms with van der Waals surface area (Å²) in [5.41, 5.74) is 3.85. The molecule has 0 heterocycles. The number of rotatable bonds is 3. The summed E-state index contributed by atoms with van der Waals surface area (Å²) in [6.45, 7) is 8.84. The predicted molar refractivity (Wildman–Crippen MR) is 92.8 cm³/mol. The van der Waals surface area contributed by atoms with Gasteiger partial charge in [0.25, 0.3) is 0 Å². The topological polar surface area (TPSA) is 12.4 Å². The van der Waals surface area contributed by atoms with Gasteiger partial charge in [0.1, 0.15) is 0 Å². The second kappa shape index (κ2) is 12.2. The van der Waals surface area contributed by atoms with Gasteiger partial charge in [-0.25, -0.2) is 12.2 Å². The molecule has 1 aromatic carbocycles. The number of hydrogen-bond acceptors (Lipinski definition) is 1. The maximum Gasteiger partial charge on any atom is -0.109 e. The van der Waals surface area contributed by atoms with Crippen LogP contribution in [0.1, 0.15) is 57.1 Å². The first-order valence-corrected chi connectivity index (χ1v) is 7.40. The Kier molecular flexibility index (Phi) is 13.4. The van der Waals surface area contributed by atoms with E-state index in [1.807, 2.05) is 12.2 Å². The second-order valence-corrected chi connectivity index (χ2v) is 5.51. The van der Waals surface area contributed by atoms with E-state index >= 15 is 0 Å². The minimum absolute atomic E-state index is 0. The van der Waals surface area contributed by atoms with Gasteiger partial charge < -0.3 is 0 Å². The maximum atomic E-state index is 4.35. The van der Waals surface area contributed by atoms with Crippen molar-refractivity contribution in [3.8, 4) is 0 Å². The summed E-state index contributed by atoms with van der Waals surface area (Å²) in [7, 11) is 0. The zero-order valence-electron chi connectivity index (χ0n) is 13.0. The molecule has 1 aromatic rings. The van der Waals surface area contributed by atoms with E-state index in [0.29, 0.717) is 11.8 Å². The fraction of sp³-hybridized carbons (Fsp3) is 0.412. The van der Waals surface area contributed by atoms with Gasteiger partial charge in [-0.1, -0.05) is 0 Å². The van der Waals surface area contributed by atoms with Crippen LogP contribution in [-0.2, 0) is 17.2 Å². The third-order valence-corrected chi connectivity index (χ3v) is 3.34. The SMILES string of the molecule is CC(C)c1cccc(C(C)C)c1[N]=[V].Cl.Cl.[C-]1=CC=CC1. The first kappa shape index (κ1) is 22.9. The van der Waals surface area contributed by atoms with Crippen LogP contribution in [0, 0.1) is 6.08 Å². The van der Waals surface area contributed by atoms with Gasteiger partial charge in [0.15, 0.2) is 0 Å². The number of hydrogen-bond donors (Lipinski definition) is 0. The van der Waals surface area contributed by atoms with Crippen LogP contribution in [-0.4, -0.2) is 0 Å². The molecule has 1 aliphatic rings. The van der Waals surface area contributed by atoms with Crippen molar-refractivity contribution in [2.75, 3.05) is 0 Å². The van der Waals surface area contributed by atoms with E-state index in [4.69, 9.17) is 0 Å². The van der Waals surface area contributed by atoms with Gasteiger partial charge in [0, 0.05) is 0 Å². The number of benzene rings is 1. The first-order chi connectivity index (χ1) is 9.07. The molecule has 2 rings (SSSR count). The van der Waals surface area contributed by atoms with Gasteiger partial charge in [-0.05, 0) is 0 Å². The van der Waals surface area contributed by atoms with Crippen LogP contribution < -0.4 is 0 Å². The third kappa shape index (κ3) is 7.47. The van der Waals surface area contributed by atoms with Crippen molar-refractivity contribution in [1.82, 2.24) is 0 Å². The molecule has 21 heavy (non-hydrogen) atoms. The second-order valence-electron chi connectivity index (χ2n) is 5.20. The minimum Gasteiger partial charge on any atom is -0.273 e. The monoisotopic (exact) mass is 363 g/mol. The quantitative estimate of drug-likeness (QED) is 0.547. The van der Waals surface area contributed by atoms with Gasteiger partial charge in [0.05, 0.1) is 0 Å². The summed E-state index contributed by atoms with van der Waals surface area (Å²) < 4.78 is 4.35. The fourth-order valence-electron chi connectivity index (χ4n) is 1.97. The van der Waals surface area contributed by atoms with Gasteiger partial charge in [-0.15, -0.1) is 31.2 Å². The largest absolute Gasteiger partial charge is 0.273 e. The van der Waals surface area contributed by atoms with E-state index in [0.717, 1.165) is 12.1 Å². The minimum atomic E-state index is 0. The van der Waals surface area contributed by atoms with Gasteiger partial charge >= 0.3 is 95.6 Å². The molecule has 0 saturated heterocycles. The van der Waals surface area contributed by atoms with Gasteiger partial charge in [0.2, 0.25) is 0 Å². The molecule has 117 valence electrons. The Bertz CT molecular complexity index is 443. The van der Waals surface area contributed by atoms with Crippen LogP contribution in [0.3, 0.4) is 0 Å². The molecule has 1 aliphatic carbocycles. The van der Waals surface area contributed by atoms with E-state index in [1.165, 1.54) is 11.1 Å². The van der Waals surface area contributed by atoms with Crippen molar-refractivity contribution in [2.24, 2.45) is 3.79 Å². The molecule has 4 heteroatoms. The van der Waals surface area contributed by atoms with Crippen molar-refractivity contribution in [3.05, 3.63) is 53.6 Å². The van der Waals surface area contributed by atoms with E-state index < -0.39 is 0 Å². The fourth-order valence-corrected chi connectivity index (χ4v) is 2.33. The Hall–Kier alpha value is -0.336. The van der Waals surface area contributed by atoms with Crippen molar-refractivity contribution >= 4 is 30.5 Å². The van der Waals surface area contributed by atoms with Crippen LogP contribution in [0.15, 0.2) is 40.2 Å². The average molecular weight is 364 g/mol. The van der Waals surface area contributed by atoms with Crippen molar-refractivity contribution in [2.45, 2.75) is 46.0 Å². The number of halogens is 2. The summed E-state index contributed by atoms with van der Waals surface area (Å²) >= 11 is 2.33. The van der Waals surface area contributed by atoms with Crippen LogP contribution in [0.25, 0.3) is 0 Å². The van der Waals surface area contributed by atoms with Crippen molar-refractivity contribution < 1.29 is 17.2 Å². The number of allylic oxidation sites excluding steroid dienone is 4. The van der Waals surface area contributed by atoms with Crippen molar-refractivity contribution in [1.29, 1.82) is 0 Å². The Morgan fingerprint density at radius 3 is 1.81 bits per heavy atom. The smallest absolute Gasteiger partial charge is 0.109 e. The predicted octanol–water partition coefficient (Wildman–Crippen LogP) is 6.44. The molecule has 0 atom stereocenters. The molecular formula is C17H24Cl2NV-. The molecule has 0 N–H and O–H groups in total. The molecule has 0 aromatic heterocycles. The molecule has 0 aliphatic heterocycles. The van der Waals surface area contributed by atoms with E-state index in [9.17, 15) is 0 Å².